The van der Waals surface area contributed by atoms with E-state index in [1.54, 1.807) is 12.3 Å². The molecule has 2 fully saturated rings. The monoisotopic (exact) mass is 278 g/mol. The minimum atomic E-state index is -0.0753. The van der Waals surface area contributed by atoms with Gasteiger partial charge in [0.25, 0.3) is 5.91 Å². The van der Waals surface area contributed by atoms with Crippen molar-refractivity contribution >= 4 is 5.91 Å². The molecule has 3 heterocycles. The predicted octanol–water partition coefficient (Wildman–Crippen LogP) is 0.637. The van der Waals surface area contributed by atoms with Crippen molar-refractivity contribution in [2.24, 2.45) is 5.92 Å². The summed E-state index contributed by atoms with van der Waals surface area (Å²) in [6.45, 7) is 7.05. The van der Waals surface area contributed by atoms with Crippen molar-refractivity contribution in [3.8, 4) is 0 Å². The van der Waals surface area contributed by atoms with Crippen LogP contribution in [-0.2, 0) is 4.74 Å². The van der Waals surface area contributed by atoms with Gasteiger partial charge in [0.05, 0.1) is 12.7 Å². The van der Waals surface area contributed by atoms with Crippen LogP contribution in [0, 0.1) is 5.92 Å². The lowest BCUT2D eigenvalue weighted by molar-refractivity contribution is -0.0683. The van der Waals surface area contributed by atoms with Gasteiger partial charge in [-0.2, -0.15) is 5.10 Å². The Morgan fingerprint density at radius 3 is 3.10 bits per heavy atom. The van der Waals surface area contributed by atoms with Gasteiger partial charge in [-0.1, -0.05) is 13.8 Å². The maximum atomic E-state index is 12.0. The highest BCUT2D eigenvalue weighted by molar-refractivity contribution is 5.92. The summed E-state index contributed by atoms with van der Waals surface area (Å²) in [5.41, 5.74) is 0.520. The van der Waals surface area contributed by atoms with Crippen LogP contribution in [0.2, 0.25) is 0 Å². The van der Waals surface area contributed by atoms with Gasteiger partial charge >= 0.3 is 0 Å². The van der Waals surface area contributed by atoms with Gasteiger partial charge in [-0.15, -0.1) is 0 Å². The van der Waals surface area contributed by atoms with Crippen molar-refractivity contribution in [2.75, 3.05) is 19.7 Å². The van der Waals surface area contributed by atoms with Crippen LogP contribution in [-0.4, -0.2) is 58.9 Å². The van der Waals surface area contributed by atoms with E-state index in [0.29, 0.717) is 23.8 Å². The van der Waals surface area contributed by atoms with Gasteiger partial charge in [-0.05, 0) is 18.4 Å². The van der Waals surface area contributed by atoms with Gasteiger partial charge in [0.1, 0.15) is 5.69 Å². The van der Waals surface area contributed by atoms with Gasteiger partial charge in [-0.3, -0.25) is 14.8 Å². The number of morpholine rings is 1. The molecule has 2 aliphatic rings. The molecule has 3 atom stereocenters. The first-order valence-corrected chi connectivity index (χ1v) is 7.29. The molecule has 3 rings (SSSR count). The number of nitrogens with one attached hydrogen (secondary N) is 2. The zero-order valence-corrected chi connectivity index (χ0v) is 12.0. The maximum absolute atomic E-state index is 12.0. The first-order chi connectivity index (χ1) is 9.63. The summed E-state index contributed by atoms with van der Waals surface area (Å²) in [6.07, 6.45) is 2.87. The molecule has 2 N–H and O–H groups in total. The zero-order chi connectivity index (χ0) is 14.1. The Balaban J connectivity index is 1.56. The zero-order valence-electron chi connectivity index (χ0n) is 12.0. The summed E-state index contributed by atoms with van der Waals surface area (Å²) in [7, 11) is 0. The summed E-state index contributed by atoms with van der Waals surface area (Å²) in [6, 6.07) is 2.33. The number of fused-ring (bicyclic) bond motifs is 1. The molecule has 0 saturated carbocycles. The minimum Gasteiger partial charge on any atom is -0.375 e. The second-order valence-electron chi connectivity index (χ2n) is 6.10. The van der Waals surface area contributed by atoms with E-state index in [9.17, 15) is 4.79 Å². The molecule has 1 aromatic rings. The van der Waals surface area contributed by atoms with Crippen LogP contribution in [0.15, 0.2) is 12.3 Å². The highest BCUT2D eigenvalue weighted by Gasteiger charge is 2.38. The Hall–Kier alpha value is -1.40. The van der Waals surface area contributed by atoms with Crippen LogP contribution in [0.25, 0.3) is 0 Å². The molecule has 0 radical (unpaired) electrons. The van der Waals surface area contributed by atoms with Crippen LogP contribution >= 0.6 is 0 Å². The summed E-state index contributed by atoms with van der Waals surface area (Å²) < 4.78 is 5.91. The molecule has 0 aliphatic carbocycles. The number of hydrogen-bond acceptors (Lipinski definition) is 4. The fourth-order valence-corrected chi connectivity index (χ4v) is 3.05. The van der Waals surface area contributed by atoms with E-state index < -0.39 is 0 Å². The number of nitrogens with zero attached hydrogens (tertiary/aromatic N) is 2. The number of amides is 1. The van der Waals surface area contributed by atoms with Gasteiger partial charge in [0.2, 0.25) is 0 Å². The fourth-order valence-electron chi connectivity index (χ4n) is 3.05. The number of H-pyrrole nitrogens is 1. The minimum absolute atomic E-state index is 0.0753. The normalized spacial score (nSPS) is 30.4. The van der Waals surface area contributed by atoms with Crippen LogP contribution < -0.4 is 5.32 Å². The molecule has 0 aromatic carbocycles. The molecule has 1 amide bonds. The molecule has 20 heavy (non-hydrogen) atoms. The lowest BCUT2D eigenvalue weighted by Gasteiger charge is -2.36. The molecular weight excluding hydrogens is 256 g/mol. The first-order valence-electron chi connectivity index (χ1n) is 7.29. The lowest BCUT2D eigenvalue weighted by Crippen LogP contribution is -2.48. The Bertz CT molecular complexity index is 460. The molecule has 2 aliphatic heterocycles. The molecule has 0 spiro atoms. The molecular formula is C14H22N4O2. The number of ether oxygens (including phenoxy) is 1. The van der Waals surface area contributed by atoms with Crippen LogP contribution in [0.5, 0.6) is 0 Å². The molecule has 6 nitrogen and oxygen atoms in total. The second kappa shape index (κ2) is 5.54. The van der Waals surface area contributed by atoms with E-state index in [2.05, 4.69) is 34.3 Å². The Labute approximate surface area is 118 Å². The molecule has 2 saturated heterocycles. The number of hydrogen-bond donors (Lipinski definition) is 2. The van der Waals surface area contributed by atoms with Crippen LogP contribution in [0.4, 0.5) is 0 Å². The maximum Gasteiger partial charge on any atom is 0.269 e. The third-order valence-electron chi connectivity index (χ3n) is 4.27. The highest BCUT2D eigenvalue weighted by Crippen LogP contribution is 2.25. The van der Waals surface area contributed by atoms with E-state index in [4.69, 9.17) is 4.74 Å². The number of aromatic amines is 1. The SMILES string of the molecule is CC(C)[C@H]1CN2C[C@@H](NC(=O)c3ccn[nH]3)C[C@H]2CO1. The average Bonchev–Trinajstić information content (AvgIpc) is 3.06. The van der Waals surface area contributed by atoms with Gasteiger partial charge < -0.3 is 10.1 Å². The molecule has 110 valence electrons. The summed E-state index contributed by atoms with van der Waals surface area (Å²) in [5.74, 6) is 0.461. The van der Waals surface area contributed by atoms with Crippen molar-refractivity contribution in [3.05, 3.63) is 18.0 Å². The smallest absolute Gasteiger partial charge is 0.269 e. The Morgan fingerprint density at radius 1 is 1.55 bits per heavy atom. The Kier molecular flexibility index (Phi) is 3.76. The number of aromatic nitrogens is 2. The van der Waals surface area contributed by atoms with Crippen molar-refractivity contribution in [2.45, 2.75) is 38.5 Å². The average molecular weight is 278 g/mol. The Morgan fingerprint density at radius 2 is 2.40 bits per heavy atom. The van der Waals surface area contributed by atoms with Gasteiger partial charge in [0, 0.05) is 31.4 Å². The molecule has 0 bridgehead atoms. The second-order valence-corrected chi connectivity index (χ2v) is 6.10. The van der Waals surface area contributed by atoms with Crippen molar-refractivity contribution in [3.63, 3.8) is 0 Å². The quantitative estimate of drug-likeness (QED) is 0.851. The number of carbonyl (C=O) groups is 1. The van der Waals surface area contributed by atoms with E-state index in [0.717, 1.165) is 26.1 Å². The topological polar surface area (TPSA) is 70.2 Å². The highest BCUT2D eigenvalue weighted by atomic mass is 16.5. The molecule has 1 aromatic heterocycles. The largest absolute Gasteiger partial charge is 0.375 e. The van der Waals surface area contributed by atoms with Crippen molar-refractivity contribution in [1.82, 2.24) is 20.4 Å². The number of carbonyl (C=O) groups excluding carboxylic acids is 1. The van der Waals surface area contributed by atoms with Crippen LogP contribution in [0.3, 0.4) is 0 Å². The van der Waals surface area contributed by atoms with Crippen molar-refractivity contribution < 1.29 is 9.53 Å². The fraction of sp³-hybridized carbons (Fsp3) is 0.714. The first kappa shape index (κ1) is 13.6. The van der Waals surface area contributed by atoms with E-state index in [1.807, 2.05) is 0 Å². The van der Waals surface area contributed by atoms with Crippen LogP contribution in [0.1, 0.15) is 30.8 Å². The third-order valence-corrected chi connectivity index (χ3v) is 4.27. The summed E-state index contributed by atoms with van der Waals surface area (Å²) in [4.78, 5) is 14.5. The molecule has 6 heteroatoms. The van der Waals surface area contributed by atoms with Gasteiger partial charge in [0.15, 0.2) is 0 Å². The summed E-state index contributed by atoms with van der Waals surface area (Å²) >= 11 is 0. The lowest BCUT2D eigenvalue weighted by atomic mass is 10.0. The standard InChI is InChI=1S/C14H22N4O2/c1-9(2)13-7-18-6-10(5-11(18)8-20-13)16-14(19)12-3-4-15-17-12/h3-4,9-11,13H,5-8H2,1-2H3,(H,15,17)(H,16,19)/t10-,11-,13+/m0/s1. The molecule has 0 unspecified atom stereocenters. The third kappa shape index (κ3) is 2.71. The summed E-state index contributed by atoms with van der Waals surface area (Å²) in [5, 5.41) is 9.57. The van der Waals surface area contributed by atoms with Gasteiger partial charge in [-0.25, -0.2) is 0 Å². The van der Waals surface area contributed by atoms with Crippen molar-refractivity contribution in [1.29, 1.82) is 0 Å². The van der Waals surface area contributed by atoms with E-state index in [1.165, 1.54) is 0 Å². The van der Waals surface area contributed by atoms with E-state index in [-0.39, 0.29) is 11.9 Å². The predicted molar refractivity (Wildman–Crippen MR) is 74.4 cm³/mol. The number of rotatable bonds is 3. The van der Waals surface area contributed by atoms with E-state index >= 15 is 0 Å².